The summed E-state index contributed by atoms with van der Waals surface area (Å²) in [4.78, 5) is 6.16. The fourth-order valence-electron chi connectivity index (χ4n) is 2.52. The van der Waals surface area contributed by atoms with Gasteiger partial charge in [0.15, 0.2) is 0 Å². The second-order valence-corrected chi connectivity index (χ2v) is 4.90. The summed E-state index contributed by atoms with van der Waals surface area (Å²) in [5, 5.41) is 3.34. The molecule has 1 atom stereocenters. The summed E-state index contributed by atoms with van der Waals surface area (Å²) < 4.78 is 26.7. The molecule has 4 nitrogen and oxygen atoms in total. The highest BCUT2D eigenvalue weighted by molar-refractivity contribution is 5.72. The predicted molar refractivity (Wildman–Crippen MR) is 74.1 cm³/mol. The van der Waals surface area contributed by atoms with Crippen LogP contribution in [0.4, 0.5) is 20.2 Å². The number of fused-ring (bicyclic) bond motifs is 1. The monoisotopic (exact) mass is 278 g/mol. The van der Waals surface area contributed by atoms with Gasteiger partial charge in [0.1, 0.15) is 5.82 Å². The second-order valence-electron chi connectivity index (χ2n) is 4.90. The molecule has 0 radical (unpaired) electrons. The number of nitrogens with one attached hydrogen (secondary N) is 1. The van der Waals surface area contributed by atoms with Crippen LogP contribution in [-0.2, 0) is 6.54 Å². The van der Waals surface area contributed by atoms with Crippen LogP contribution in [0.15, 0.2) is 36.7 Å². The smallest absolute Gasteiger partial charge is 0.319 e. The summed E-state index contributed by atoms with van der Waals surface area (Å²) in [6, 6.07) is 8.11. The molecule has 3 rings (SSSR count). The number of imidazole rings is 1. The lowest BCUT2D eigenvalue weighted by Gasteiger charge is -2.37. The van der Waals surface area contributed by atoms with Gasteiger partial charge in [0.25, 0.3) is 0 Å². The van der Waals surface area contributed by atoms with E-state index in [0.29, 0.717) is 12.4 Å². The Morgan fingerprint density at radius 2 is 2.20 bits per heavy atom. The highest BCUT2D eigenvalue weighted by atomic mass is 19.3. The van der Waals surface area contributed by atoms with Gasteiger partial charge < -0.3 is 10.2 Å². The molecule has 1 aliphatic heterocycles. The van der Waals surface area contributed by atoms with Gasteiger partial charge in [-0.2, -0.15) is 8.78 Å². The maximum absolute atomic E-state index is 12.9. The third-order valence-electron chi connectivity index (χ3n) is 3.60. The average Bonchev–Trinajstić information content (AvgIpc) is 2.90. The molecule has 1 unspecified atom stereocenters. The molecule has 2 aromatic rings. The lowest BCUT2D eigenvalue weighted by molar-refractivity contribution is 0.0669. The Bertz CT molecular complexity index is 596. The van der Waals surface area contributed by atoms with E-state index in [1.54, 1.807) is 0 Å². The molecular weight excluding hydrogens is 262 g/mol. The molecular formula is C14H16F2N4. The van der Waals surface area contributed by atoms with E-state index in [1.165, 1.54) is 12.4 Å². The van der Waals surface area contributed by atoms with Crippen LogP contribution < -0.4 is 10.2 Å². The van der Waals surface area contributed by atoms with Crippen molar-refractivity contribution in [3.8, 4) is 0 Å². The van der Waals surface area contributed by atoms with Crippen molar-refractivity contribution in [2.75, 3.05) is 16.8 Å². The fourth-order valence-corrected chi connectivity index (χ4v) is 2.52. The van der Waals surface area contributed by atoms with Crippen molar-refractivity contribution in [1.82, 2.24) is 9.55 Å². The second kappa shape index (κ2) is 5.11. The first-order valence-electron chi connectivity index (χ1n) is 6.56. The largest absolute Gasteiger partial charge is 0.381 e. The number of nitrogens with zero attached hydrogens (tertiary/aromatic N) is 3. The molecule has 0 bridgehead atoms. The van der Waals surface area contributed by atoms with Gasteiger partial charge in [0, 0.05) is 25.0 Å². The van der Waals surface area contributed by atoms with E-state index >= 15 is 0 Å². The first-order chi connectivity index (χ1) is 9.66. The number of alkyl halides is 2. The van der Waals surface area contributed by atoms with Crippen LogP contribution in [0.1, 0.15) is 19.3 Å². The summed E-state index contributed by atoms with van der Waals surface area (Å²) in [7, 11) is 0. The van der Waals surface area contributed by atoms with Crippen molar-refractivity contribution in [3.63, 3.8) is 0 Å². The Morgan fingerprint density at radius 1 is 1.40 bits per heavy atom. The van der Waals surface area contributed by atoms with Gasteiger partial charge in [0.05, 0.1) is 17.9 Å². The van der Waals surface area contributed by atoms with Gasteiger partial charge in [-0.25, -0.2) is 4.98 Å². The molecule has 0 amide bonds. The SMILES string of the molecule is CC1CNc2ccccc2N1Cc1nccn1C(F)F. The molecule has 6 heteroatoms. The van der Waals surface area contributed by atoms with Crippen LogP contribution in [0.3, 0.4) is 0 Å². The zero-order valence-electron chi connectivity index (χ0n) is 11.1. The number of anilines is 2. The lowest BCUT2D eigenvalue weighted by Crippen LogP contribution is -2.42. The van der Waals surface area contributed by atoms with Crippen LogP contribution in [0.25, 0.3) is 0 Å². The molecule has 1 aromatic heterocycles. The van der Waals surface area contributed by atoms with Crippen LogP contribution in [-0.4, -0.2) is 22.1 Å². The number of aromatic nitrogens is 2. The van der Waals surface area contributed by atoms with Gasteiger partial charge in [0.2, 0.25) is 0 Å². The van der Waals surface area contributed by atoms with E-state index < -0.39 is 6.55 Å². The Labute approximate surface area is 116 Å². The third kappa shape index (κ3) is 2.21. The molecule has 106 valence electrons. The van der Waals surface area contributed by atoms with Crippen LogP contribution in [0.2, 0.25) is 0 Å². The van der Waals surface area contributed by atoms with E-state index in [9.17, 15) is 8.78 Å². The summed E-state index contributed by atoms with van der Waals surface area (Å²) in [6.07, 6.45) is 2.74. The number of hydrogen-bond acceptors (Lipinski definition) is 3. The Hall–Kier alpha value is -2.11. The van der Waals surface area contributed by atoms with E-state index in [1.807, 2.05) is 24.3 Å². The van der Waals surface area contributed by atoms with E-state index in [4.69, 9.17) is 0 Å². The number of benzene rings is 1. The zero-order valence-corrected chi connectivity index (χ0v) is 11.1. The molecule has 1 aliphatic rings. The first-order valence-corrected chi connectivity index (χ1v) is 6.56. The number of halogens is 2. The molecule has 1 N–H and O–H groups in total. The van der Waals surface area contributed by atoms with Crippen LogP contribution in [0, 0.1) is 0 Å². The topological polar surface area (TPSA) is 33.1 Å². The molecule has 0 aliphatic carbocycles. The Kier molecular flexibility index (Phi) is 3.30. The van der Waals surface area contributed by atoms with E-state index in [-0.39, 0.29) is 6.04 Å². The number of rotatable bonds is 3. The van der Waals surface area contributed by atoms with E-state index in [0.717, 1.165) is 22.5 Å². The van der Waals surface area contributed by atoms with Crippen molar-refractivity contribution in [1.29, 1.82) is 0 Å². The normalized spacial score (nSPS) is 18.0. The van der Waals surface area contributed by atoms with Crippen molar-refractivity contribution in [2.24, 2.45) is 0 Å². The Morgan fingerprint density at radius 3 is 3.00 bits per heavy atom. The van der Waals surface area contributed by atoms with Gasteiger partial charge in [-0.3, -0.25) is 4.57 Å². The van der Waals surface area contributed by atoms with Crippen molar-refractivity contribution < 1.29 is 8.78 Å². The molecule has 0 saturated heterocycles. The summed E-state index contributed by atoms with van der Waals surface area (Å²) in [5.74, 6) is 0.378. The van der Waals surface area contributed by atoms with Crippen molar-refractivity contribution in [2.45, 2.75) is 26.1 Å². The fraction of sp³-hybridized carbons (Fsp3) is 0.357. The highest BCUT2D eigenvalue weighted by Gasteiger charge is 2.24. The standard InChI is InChI=1S/C14H16F2N4/c1-10-8-18-11-4-2-3-5-12(11)20(10)9-13-17-6-7-19(13)14(15)16/h2-7,10,14,18H,8-9H2,1H3. The first kappa shape index (κ1) is 12.9. The van der Waals surface area contributed by atoms with E-state index in [2.05, 4.69) is 22.1 Å². The van der Waals surface area contributed by atoms with Crippen LogP contribution >= 0.6 is 0 Å². The summed E-state index contributed by atoms with van der Waals surface area (Å²) in [5.41, 5.74) is 2.05. The van der Waals surface area contributed by atoms with Crippen LogP contribution in [0.5, 0.6) is 0 Å². The Balaban J connectivity index is 1.92. The number of para-hydroxylation sites is 2. The van der Waals surface area contributed by atoms with Gasteiger partial charge >= 0.3 is 6.55 Å². The molecule has 20 heavy (non-hydrogen) atoms. The highest BCUT2D eigenvalue weighted by Crippen LogP contribution is 2.32. The molecule has 0 saturated carbocycles. The maximum atomic E-state index is 12.9. The summed E-state index contributed by atoms with van der Waals surface area (Å²) in [6.45, 7) is 0.670. The van der Waals surface area contributed by atoms with Gasteiger partial charge in [-0.05, 0) is 19.1 Å². The quantitative estimate of drug-likeness (QED) is 0.936. The zero-order chi connectivity index (χ0) is 14.1. The van der Waals surface area contributed by atoms with Crippen molar-refractivity contribution in [3.05, 3.63) is 42.5 Å². The van der Waals surface area contributed by atoms with Gasteiger partial charge in [-0.1, -0.05) is 12.1 Å². The molecule has 0 fully saturated rings. The minimum Gasteiger partial charge on any atom is -0.381 e. The van der Waals surface area contributed by atoms with Crippen molar-refractivity contribution >= 4 is 11.4 Å². The molecule has 1 aromatic carbocycles. The molecule has 2 heterocycles. The average molecular weight is 278 g/mol. The summed E-state index contributed by atoms with van der Waals surface area (Å²) >= 11 is 0. The maximum Gasteiger partial charge on any atom is 0.319 e. The minimum absolute atomic E-state index is 0.215. The lowest BCUT2D eigenvalue weighted by atomic mass is 10.1. The number of hydrogen-bond donors (Lipinski definition) is 1. The third-order valence-corrected chi connectivity index (χ3v) is 3.60. The van der Waals surface area contributed by atoms with Gasteiger partial charge in [-0.15, -0.1) is 0 Å². The molecule has 0 spiro atoms. The predicted octanol–water partition coefficient (Wildman–Crippen LogP) is 3.10. The minimum atomic E-state index is -2.55.